The Labute approximate surface area is 101 Å². The van der Waals surface area contributed by atoms with Crippen molar-refractivity contribution in [2.24, 2.45) is 0 Å². The fraction of sp³-hybridized carbons (Fsp3) is 0.500. The van der Waals surface area contributed by atoms with Gasteiger partial charge < -0.3 is 5.73 Å². The van der Waals surface area contributed by atoms with Gasteiger partial charge in [0.1, 0.15) is 9.84 Å². The number of hydrogen-bond donors (Lipinski definition) is 1. The topological polar surface area (TPSA) is 73.0 Å². The van der Waals surface area contributed by atoms with E-state index in [0.29, 0.717) is 12.1 Å². The maximum Gasteiger partial charge on any atom is 0.150 e. The summed E-state index contributed by atoms with van der Waals surface area (Å²) < 4.78 is 22.4. The SMILES string of the molecule is CCS(=O)(=O)CCCSc1ccc(N)cn1. The maximum absolute atomic E-state index is 11.2. The van der Waals surface area contributed by atoms with E-state index < -0.39 is 9.84 Å². The lowest BCUT2D eigenvalue weighted by Gasteiger charge is -2.02. The Hall–Kier alpha value is -0.750. The van der Waals surface area contributed by atoms with Gasteiger partial charge in [0.25, 0.3) is 0 Å². The summed E-state index contributed by atoms with van der Waals surface area (Å²) in [5, 5.41) is 0.878. The first-order chi connectivity index (χ1) is 7.53. The molecule has 0 aliphatic rings. The normalized spacial score (nSPS) is 11.6. The van der Waals surface area contributed by atoms with Gasteiger partial charge in [0.2, 0.25) is 0 Å². The molecule has 0 saturated carbocycles. The average molecular weight is 260 g/mol. The smallest absolute Gasteiger partial charge is 0.150 e. The van der Waals surface area contributed by atoms with Crippen LogP contribution in [0.4, 0.5) is 5.69 Å². The van der Waals surface area contributed by atoms with Gasteiger partial charge in [-0.05, 0) is 18.6 Å². The predicted molar refractivity (Wildman–Crippen MR) is 68.3 cm³/mol. The highest BCUT2D eigenvalue weighted by molar-refractivity contribution is 7.99. The van der Waals surface area contributed by atoms with Gasteiger partial charge in [0.15, 0.2) is 0 Å². The standard InChI is InChI=1S/C10H16N2O2S2/c1-2-16(13,14)7-3-6-15-10-5-4-9(11)8-12-10/h4-5,8H,2-3,6-7,11H2,1H3. The lowest BCUT2D eigenvalue weighted by molar-refractivity contribution is 0.596. The van der Waals surface area contributed by atoms with Crippen LogP contribution in [0, 0.1) is 0 Å². The van der Waals surface area contributed by atoms with Crippen LogP contribution in [-0.4, -0.2) is 30.7 Å². The molecule has 0 aliphatic heterocycles. The zero-order valence-corrected chi connectivity index (χ0v) is 10.9. The van der Waals surface area contributed by atoms with Crippen LogP contribution in [0.25, 0.3) is 0 Å². The third kappa shape index (κ3) is 4.85. The number of hydrogen-bond acceptors (Lipinski definition) is 5. The number of nitrogens with two attached hydrogens (primary N) is 1. The number of nitrogen functional groups attached to an aromatic ring is 1. The summed E-state index contributed by atoms with van der Waals surface area (Å²) in [6.07, 6.45) is 2.26. The predicted octanol–water partition coefficient (Wildman–Crippen LogP) is 1.58. The third-order valence-corrected chi connectivity index (χ3v) is 4.87. The Morgan fingerprint density at radius 3 is 2.75 bits per heavy atom. The molecule has 90 valence electrons. The van der Waals surface area contributed by atoms with Crippen molar-refractivity contribution in [3.63, 3.8) is 0 Å². The molecule has 2 N–H and O–H groups in total. The van der Waals surface area contributed by atoms with Crippen LogP contribution in [0.5, 0.6) is 0 Å². The molecule has 1 rings (SSSR count). The number of nitrogens with zero attached hydrogens (tertiary/aromatic N) is 1. The molecule has 0 atom stereocenters. The summed E-state index contributed by atoms with van der Waals surface area (Å²) in [6, 6.07) is 3.63. The van der Waals surface area contributed by atoms with Crippen molar-refractivity contribution in [3.8, 4) is 0 Å². The van der Waals surface area contributed by atoms with Crippen LogP contribution in [-0.2, 0) is 9.84 Å². The highest BCUT2D eigenvalue weighted by atomic mass is 32.2. The zero-order valence-electron chi connectivity index (χ0n) is 9.22. The minimum atomic E-state index is -2.83. The molecule has 0 unspecified atom stereocenters. The van der Waals surface area contributed by atoms with Crippen molar-refractivity contribution in [1.29, 1.82) is 0 Å². The molecule has 1 heterocycles. The van der Waals surface area contributed by atoms with Crippen LogP contribution in [0.3, 0.4) is 0 Å². The number of aromatic nitrogens is 1. The molecule has 0 fully saturated rings. The quantitative estimate of drug-likeness (QED) is 0.621. The van der Waals surface area contributed by atoms with Gasteiger partial charge in [-0.25, -0.2) is 13.4 Å². The number of thioether (sulfide) groups is 1. The summed E-state index contributed by atoms with van der Waals surface area (Å²) in [5.74, 6) is 1.24. The summed E-state index contributed by atoms with van der Waals surface area (Å²) in [7, 11) is -2.83. The van der Waals surface area contributed by atoms with Crippen molar-refractivity contribution < 1.29 is 8.42 Å². The first-order valence-corrected chi connectivity index (χ1v) is 7.89. The van der Waals surface area contributed by atoms with Crippen LogP contribution in [0.15, 0.2) is 23.4 Å². The van der Waals surface area contributed by atoms with Crippen molar-refractivity contribution in [2.45, 2.75) is 18.4 Å². The van der Waals surface area contributed by atoms with Gasteiger partial charge in [-0.15, -0.1) is 11.8 Å². The fourth-order valence-electron chi connectivity index (χ4n) is 1.08. The first kappa shape index (κ1) is 13.3. The Morgan fingerprint density at radius 2 is 2.19 bits per heavy atom. The van der Waals surface area contributed by atoms with E-state index in [2.05, 4.69) is 4.98 Å². The van der Waals surface area contributed by atoms with E-state index in [9.17, 15) is 8.42 Å². The molecule has 1 aromatic heterocycles. The Balaban J connectivity index is 2.29. The summed E-state index contributed by atoms with van der Waals surface area (Å²) in [5.41, 5.74) is 6.14. The van der Waals surface area contributed by atoms with E-state index in [1.54, 1.807) is 30.9 Å². The molecule has 0 aliphatic carbocycles. The van der Waals surface area contributed by atoms with Gasteiger partial charge in [-0.3, -0.25) is 0 Å². The van der Waals surface area contributed by atoms with E-state index >= 15 is 0 Å². The van der Waals surface area contributed by atoms with Crippen molar-refractivity contribution in [2.75, 3.05) is 23.0 Å². The minimum absolute atomic E-state index is 0.220. The molecule has 0 amide bonds. The molecule has 16 heavy (non-hydrogen) atoms. The molecular formula is C10H16N2O2S2. The Bertz CT molecular complexity index is 415. The molecule has 6 heteroatoms. The molecule has 0 bridgehead atoms. The van der Waals surface area contributed by atoms with Crippen LogP contribution in [0.1, 0.15) is 13.3 Å². The molecular weight excluding hydrogens is 244 g/mol. The Kier molecular flexibility index (Phi) is 5.08. The Morgan fingerprint density at radius 1 is 1.44 bits per heavy atom. The highest BCUT2D eigenvalue weighted by Gasteiger charge is 2.06. The lowest BCUT2D eigenvalue weighted by Crippen LogP contribution is -2.09. The first-order valence-electron chi connectivity index (χ1n) is 5.08. The number of pyridine rings is 1. The van der Waals surface area contributed by atoms with Crippen molar-refractivity contribution in [3.05, 3.63) is 18.3 Å². The summed E-state index contributed by atoms with van der Waals surface area (Å²) >= 11 is 1.55. The molecule has 0 saturated heterocycles. The van der Waals surface area contributed by atoms with Gasteiger partial charge in [-0.2, -0.15) is 0 Å². The summed E-state index contributed by atoms with van der Waals surface area (Å²) in [6.45, 7) is 1.67. The monoisotopic (exact) mass is 260 g/mol. The largest absolute Gasteiger partial charge is 0.397 e. The number of anilines is 1. The highest BCUT2D eigenvalue weighted by Crippen LogP contribution is 2.17. The van der Waals surface area contributed by atoms with Crippen LogP contribution < -0.4 is 5.73 Å². The third-order valence-electron chi connectivity index (χ3n) is 2.05. The number of rotatable bonds is 6. The van der Waals surface area contributed by atoms with Gasteiger partial charge >= 0.3 is 0 Å². The molecule has 4 nitrogen and oxygen atoms in total. The molecule has 1 aromatic rings. The lowest BCUT2D eigenvalue weighted by atomic mass is 10.4. The van der Waals surface area contributed by atoms with Gasteiger partial charge in [0, 0.05) is 11.5 Å². The second kappa shape index (κ2) is 6.10. The van der Waals surface area contributed by atoms with Crippen molar-refractivity contribution >= 4 is 27.3 Å². The number of sulfone groups is 1. The van der Waals surface area contributed by atoms with Gasteiger partial charge in [0.05, 0.1) is 22.7 Å². The van der Waals surface area contributed by atoms with E-state index in [-0.39, 0.29) is 11.5 Å². The van der Waals surface area contributed by atoms with E-state index in [1.807, 2.05) is 6.07 Å². The van der Waals surface area contributed by atoms with Crippen LogP contribution in [0.2, 0.25) is 0 Å². The molecule has 0 spiro atoms. The second-order valence-electron chi connectivity index (χ2n) is 3.37. The zero-order chi connectivity index (χ0) is 12.0. The van der Waals surface area contributed by atoms with Crippen LogP contribution >= 0.6 is 11.8 Å². The minimum Gasteiger partial charge on any atom is -0.397 e. The fourth-order valence-corrected chi connectivity index (χ4v) is 2.92. The van der Waals surface area contributed by atoms with E-state index in [1.165, 1.54) is 0 Å². The molecule has 0 aromatic carbocycles. The van der Waals surface area contributed by atoms with E-state index in [0.717, 1.165) is 10.8 Å². The van der Waals surface area contributed by atoms with E-state index in [4.69, 9.17) is 5.73 Å². The maximum atomic E-state index is 11.2. The second-order valence-corrected chi connectivity index (χ2v) is 6.96. The van der Waals surface area contributed by atoms with Crippen molar-refractivity contribution in [1.82, 2.24) is 4.98 Å². The van der Waals surface area contributed by atoms with Gasteiger partial charge in [-0.1, -0.05) is 6.92 Å². The average Bonchev–Trinajstić information content (AvgIpc) is 2.27. The summed E-state index contributed by atoms with van der Waals surface area (Å²) in [4.78, 5) is 4.12. The molecule has 0 radical (unpaired) electrons.